The number of allylic oxidation sites excluding steroid dienone is 2. The fourth-order valence-electron chi connectivity index (χ4n) is 2.15. The molecule has 1 aliphatic heterocycles. The molecule has 0 aromatic heterocycles. The second kappa shape index (κ2) is 5.38. The number of benzene rings is 1. The van der Waals surface area contributed by atoms with Gasteiger partial charge in [-0.3, -0.25) is 0 Å². The predicted molar refractivity (Wildman–Crippen MR) is 82.0 cm³/mol. The van der Waals surface area contributed by atoms with Crippen LogP contribution >= 0.6 is 0 Å². The van der Waals surface area contributed by atoms with Crippen LogP contribution in [-0.2, 0) is 10.0 Å². The molecule has 0 aliphatic carbocycles. The van der Waals surface area contributed by atoms with Gasteiger partial charge >= 0.3 is 0 Å². The Morgan fingerprint density at radius 1 is 1.25 bits per heavy atom. The van der Waals surface area contributed by atoms with Crippen LogP contribution in [-0.4, -0.2) is 25.8 Å². The topological polar surface area (TPSA) is 37.4 Å². The Kier molecular flexibility index (Phi) is 3.97. The quantitative estimate of drug-likeness (QED) is 0.857. The van der Waals surface area contributed by atoms with Crippen molar-refractivity contribution >= 4 is 10.0 Å². The van der Waals surface area contributed by atoms with Crippen LogP contribution in [0.1, 0.15) is 12.5 Å². The van der Waals surface area contributed by atoms with E-state index in [0.29, 0.717) is 18.0 Å². The average Bonchev–Trinajstić information content (AvgIpc) is 2.71. The van der Waals surface area contributed by atoms with Crippen molar-refractivity contribution in [3.8, 4) is 0 Å². The summed E-state index contributed by atoms with van der Waals surface area (Å²) in [6, 6.07) is 6.91. The zero-order valence-electron chi connectivity index (χ0n) is 11.9. The molecule has 1 aromatic rings. The Morgan fingerprint density at radius 3 is 2.40 bits per heavy atom. The third kappa shape index (κ3) is 2.92. The van der Waals surface area contributed by atoms with Gasteiger partial charge in [-0.05, 0) is 37.1 Å². The highest BCUT2D eigenvalue weighted by molar-refractivity contribution is 7.89. The fraction of sp³-hybridized carbons (Fsp3) is 0.250. The van der Waals surface area contributed by atoms with Crippen molar-refractivity contribution in [2.24, 2.45) is 0 Å². The van der Waals surface area contributed by atoms with Gasteiger partial charge in [0, 0.05) is 13.1 Å². The smallest absolute Gasteiger partial charge is 0.207 e. The van der Waals surface area contributed by atoms with Gasteiger partial charge in [-0.2, -0.15) is 4.31 Å². The lowest BCUT2D eigenvalue weighted by molar-refractivity contribution is 0.489. The van der Waals surface area contributed by atoms with Crippen molar-refractivity contribution in [2.75, 3.05) is 13.1 Å². The minimum absolute atomic E-state index is 0.326. The fourth-order valence-corrected chi connectivity index (χ4v) is 3.56. The van der Waals surface area contributed by atoms with Crippen LogP contribution in [0.15, 0.2) is 65.1 Å². The predicted octanol–water partition coefficient (Wildman–Crippen LogP) is 3.06. The van der Waals surface area contributed by atoms with E-state index < -0.39 is 10.0 Å². The van der Waals surface area contributed by atoms with Crippen molar-refractivity contribution in [3.63, 3.8) is 0 Å². The maximum absolute atomic E-state index is 12.6. The van der Waals surface area contributed by atoms with Crippen LogP contribution in [0.2, 0.25) is 0 Å². The average molecular weight is 289 g/mol. The Labute approximate surface area is 121 Å². The molecule has 106 valence electrons. The van der Waals surface area contributed by atoms with E-state index in [1.807, 2.05) is 32.1 Å². The molecule has 0 N–H and O–H groups in total. The van der Waals surface area contributed by atoms with E-state index in [1.165, 1.54) is 4.31 Å². The summed E-state index contributed by atoms with van der Waals surface area (Å²) in [7, 11) is -3.46. The van der Waals surface area contributed by atoms with Gasteiger partial charge < -0.3 is 0 Å². The van der Waals surface area contributed by atoms with Crippen molar-refractivity contribution in [2.45, 2.75) is 18.7 Å². The van der Waals surface area contributed by atoms with Gasteiger partial charge in [-0.25, -0.2) is 8.42 Å². The van der Waals surface area contributed by atoms with E-state index in [0.717, 1.165) is 22.3 Å². The molecule has 3 nitrogen and oxygen atoms in total. The molecule has 0 saturated carbocycles. The molecule has 20 heavy (non-hydrogen) atoms. The third-order valence-corrected chi connectivity index (χ3v) is 5.05. The first-order valence-corrected chi connectivity index (χ1v) is 7.86. The SMILES string of the molecule is C=C(C)/C=C1/CN(S(=O)(=O)c2ccc(C)cc2)CC1=C. The second-order valence-electron chi connectivity index (χ2n) is 5.21. The molecule has 1 heterocycles. The standard InChI is InChI=1S/C16H19NO2S/c1-12(2)9-15-11-17(10-14(15)4)20(18,19)16-7-5-13(3)6-8-16/h5-9H,1,4,10-11H2,2-3H3/b15-9-. The molecule has 1 aliphatic rings. The van der Waals surface area contributed by atoms with Crippen molar-refractivity contribution in [3.05, 3.63) is 65.8 Å². The highest BCUT2D eigenvalue weighted by Gasteiger charge is 2.31. The molecular weight excluding hydrogens is 270 g/mol. The molecule has 0 amide bonds. The molecule has 2 rings (SSSR count). The number of hydrogen-bond acceptors (Lipinski definition) is 2. The second-order valence-corrected chi connectivity index (χ2v) is 7.14. The van der Waals surface area contributed by atoms with Crippen LogP contribution in [0.3, 0.4) is 0 Å². The summed E-state index contributed by atoms with van der Waals surface area (Å²) >= 11 is 0. The Morgan fingerprint density at radius 2 is 1.85 bits per heavy atom. The number of nitrogens with zero attached hydrogens (tertiary/aromatic N) is 1. The van der Waals surface area contributed by atoms with Crippen molar-refractivity contribution in [1.82, 2.24) is 4.31 Å². The monoisotopic (exact) mass is 289 g/mol. The molecule has 1 saturated heterocycles. The Bertz CT molecular complexity index is 682. The first-order valence-electron chi connectivity index (χ1n) is 6.42. The Balaban J connectivity index is 2.31. The van der Waals surface area contributed by atoms with Gasteiger partial charge in [0.1, 0.15) is 0 Å². The summed E-state index contributed by atoms with van der Waals surface area (Å²) in [6.07, 6.45) is 1.90. The van der Waals surface area contributed by atoms with Crippen molar-refractivity contribution in [1.29, 1.82) is 0 Å². The normalized spacial score (nSPS) is 18.7. The van der Waals surface area contributed by atoms with E-state index in [1.54, 1.807) is 12.1 Å². The number of aryl methyl sites for hydroxylation is 1. The van der Waals surface area contributed by atoms with Crippen LogP contribution in [0.5, 0.6) is 0 Å². The molecule has 1 fully saturated rings. The summed E-state index contributed by atoms with van der Waals surface area (Å²) in [5.74, 6) is 0. The zero-order valence-corrected chi connectivity index (χ0v) is 12.7. The lowest BCUT2D eigenvalue weighted by Crippen LogP contribution is -2.28. The van der Waals surface area contributed by atoms with Gasteiger partial charge in [-0.15, -0.1) is 0 Å². The van der Waals surface area contributed by atoms with E-state index in [4.69, 9.17) is 0 Å². The maximum Gasteiger partial charge on any atom is 0.243 e. The van der Waals surface area contributed by atoms with Gasteiger partial charge in [-0.1, -0.05) is 42.5 Å². The number of hydrogen-bond donors (Lipinski definition) is 0. The van der Waals surface area contributed by atoms with E-state index in [9.17, 15) is 8.42 Å². The van der Waals surface area contributed by atoms with Gasteiger partial charge in [0.15, 0.2) is 0 Å². The third-order valence-electron chi connectivity index (χ3n) is 3.25. The highest BCUT2D eigenvalue weighted by atomic mass is 32.2. The van der Waals surface area contributed by atoms with Crippen LogP contribution in [0, 0.1) is 6.92 Å². The van der Waals surface area contributed by atoms with Crippen molar-refractivity contribution < 1.29 is 8.42 Å². The van der Waals surface area contributed by atoms with Crippen LogP contribution < -0.4 is 0 Å². The molecule has 1 aromatic carbocycles. The molecule has 0 bridgehead atoms. The summed E-state index contributed by atoms with van der Waals surface area (Å²) in [4.78, 5) is 0.326. The first-order chi connectivity index (χ1) is 9.30. The number of sulfonamides is 1. The summed E-state index contributed by atoms with van der Waals surface area (Å²) < 4.78 is 26.6. The van der Waals surface area contributed by atoms with Gasteiger partial charge in [0.2, 0.25) is 10.0 Å². The molecule has 0 radical (unpaired) electrons. The molecule has 0 atom stereocenters. The van der Waals surface area contributed by atoms with E-state index >= 15 is 0 Å². The Hall–Kier alpha value is -1.65. The molecule has 0 spiro atoms. The lowest BCUT2D eigenvalue weighted by Gasteiger charge is -2.15. The zero-order chi connectivity index (χ0) is 14.9. The summed E-state index contributed by atoms with van der Waals surface area (Å²) in [5, 5.41) is 0. The summed E-state index contributed by atoms with van der Waals surface area (Å²) in [5.41, 5.74) is 3.71. The first kappa shape index (κ1) is 14.8. The van der Waals surface area contributed by atoms with Gasteiger partial charge in [0.25, 0.3) is 0 Å². The minimum atomic E-state index is -3.46. The molecular formula is C16H19NO2S. The summed E-state index contributed by atoms with van der Waals surface area (Å²) in [6.45, 7) is 12.3. The molecule has 4 heteroatoms. The van der Waals surface area contributed by atoms with Crippen LogP contribution in [0.25, 0.3) is 0 Å². The van der Waals surface area contributed by atoms with E-state index in [2.05, 4.69) is 13.2 Å². The largest absolute Gasteiger partial charge is 0.243 e. The van der Waals surface area contributed by atoms with Gasteiger partial charge in [0.05, 0.1) is 4.90 Å². The maximum atomic E-state index is 12.6. The molecule has 0 unspecified atom stereocenters. The highest BCUT2D eigenvalue weighted by Crippen LogP contribution is 2.27. The van der Waals surface area contributed by atoms with E-state index in [-0.39, 0.29) is 0 Å². The minimum Gasteiger partial charge on any atom is -0.207 e. The number of rotatable bonds is 3. The van der Waals surface area contributed by atoms with Crippen LogP contribution in [0.4, 0.5) is 0 Å². The lowest BCUT2D eigenvalue weighted by atomic mass is 10.1.